The van der Waals surface area contributed by atoms with Crippen molar-refractivity contribution in [1.82, 2.24) is 19.2 Å². The van der Waals surface area contributed by atoms with E-state index in [0.717, 1.165) is 48.6 Å². The largest absolute Gasteiger partial charge is 0.304 e. The van der Waals surface area contributed by atoms with E-state index < -0.39 is 0 Å². The summed E-state index contributed by atoms with van der Waals surface area (Å²) in [5.41, 5.74) is 6.04. The van der Waals surface area contributed by atoms with Gasteiger partial charge in [-0.1, -0.05) is 66.2 Å². The Morgan fingerprint density at radius 3 is 2.15 bits per heavy atom. The molecule has 1 aliphatic heterocycles. The van der Waals surface area contributed by atoms with E-state index in [9.17, 15) is 9.59 Å². The summed E-state index contributed by atoms with van der Waals surface area (Å²) in [5.74, 6) is -0.194. The van der Waals surface area contributed by atoms with Crippen LogP contribution in [0.5, 0.6) is 0 Å². The van der Waals surface area contributed by atoms with E-state index in [0.29, 0.717) is 33.9 Å². The third-order valence-electron chi connectivity index (χ3n) is 7.55. The lowest BCUT2D eigenvalue weighted by molar-refractivity contribution is 0.0878. The average Bonchev–Trinajstić information content (AvgIpc) is 3.38. The van der Waals surface area contributed by atoms with Gasteiger partial charge in [0.05, 0.1) is 23.4 Å². The van der Waals surface area contributed by atoms with Crippen LogP contribution in [-0.2, 0) is 0 Å². The van der Waals surface area contributed by atoms with Gasteiger partial charge in [0, 0.05) is 47.9 Å². The molecular weight excluding hydrogens is 520 g/mol. The maximum Gasteiger partial charge on any atom is 0.209 e. The molecule has 0 unspecified atom stereocenters. The summed E-state index contributed by atoms with van der Waals surface area (Å²) in [6.45, 7) is 3.84. The number of halogens is 1. The van der Waals surface area contributed by atoms with Crippen molar-refractivity contribution in [2.45, 2.75) is 0 Å². The van der Waals surface area contributed by atoms with Crippen molar-refractivity contribution in [2.75, 3.05) is 39.8 Å². The number of fused-ring (bicyclic) bond motifs is 1. The SMILES string of the molecule is CN1CCN(CC(=O)c2cc(C(=O)c3ccc(Cl)cc3)n3cnc(-c4ccc(-c5ccccc5)cc4)cc23)CC1. The Kier molecular flexibility index (Phi) is 7.30. The minimum absolute atomic E-state index is 0.00575. The van der Waals surface area contributed by atoms with Crippen LogP contribution in [0, 0.1) is 0 Å². The molecule has 0 aliphatic carbocycles. The van der Waals surface area contributed by atoms with Crippen LogP contribution in [0.15, 0.2) is 97.3 Å². The molecule has 2 aromatic heterocycles. The van der Waals surface area contributed by atoms with Crippen molar-refractivity contribution in [1.29, 1.82) is 0 Å². The molecule has 5 aromatic rings. The Hall–Kier alpha value is -4.10. The van der Waals surface area contributed by atoms with Crippen molar-refractivity contribution in [3.05, 3.63) is 119 Å². The van der Waals surface area contributed by atoms with Gasteiger partial charge in [-0.05, 0) is 54.6 Å². The second-order valence-corrected chi connectivity index (χ2v) is 10.7. The van der Waals surface area contributed by atoms with Crippen molar-refractivity contribution >= 4 is 28.7 Å². The quantitative estimate of drug-likeness (QED) is 0.234. The lowest BCUT2D eigenvalue weighted by atomic mass is 10.0. The first kappa shape index (κ1) is 26.1. The van der Waals surface area contributed by atoms with Gasteiger partial charge in [0.25, 0.3) is 0 Å². The summed E-state index contributed by atoms with van der Waals surface area (Å²) in [7, 11) is 2.09. The Morgan fingerprint density at radius 2 is 1.45 bits per heavy atom. The van der Waals surface area contributed by atoms with E-state index >= 15 is 0 Å². The molecule has 0 atom stereocenters. The Labute approximate surface area is 238 Å². The van der Waals surface area contributed by atoms with Crippen molar-refractivity contribution in [2.24, 2.45) is 0 Å². The van der Waals surface area contributed by atoms with Gasteiger partial charge in [-0.3, -0.25) is 18.9 Å². The molecule has 40 heavy (non-hydrogen) atoms. The van der Waals surface area contributed by atoms with Crippen LogP contribution in [-0.4, -0.2) is 70.5 Å². The van der Waals surface area contributed by atoms with Crippen LogP contribution in [0.1, 0.15) is 26.4 Å². The molecule has 0 N–H and O–H groups in total. The second-order valence-electron chi connectivity index (χ2n) is 10.3. The molecule has 6 rings (SSSR count). The number of hydrogen-bond donors (Lipinski definition) is 0. The van der Waals surface area contributed by atoms with E-state index in [1.54, 1.807) is 41.1 Å². The molecule has 200 valence electrons. The predicted octanol–water partition coefficient (Wildman–Crippen LogP) is 5.98. The van der Waals surface area contributed by atoms with E-state index in [4.69, 9.17) is 11.6 Å². The van der Waals surface area contributed by atoms with Gasteiger partial charge in [-0.25, -0.2) is 4.98 Å². The molecular formula is C33H29ClN4O2. The monoisotopic (exact) mass is 548 g/mol. The topological polar surface area (TPSA) is 57.9 Å². The maximum atomic E-state index is 13.7. The summed E-state index contributed by atoms with van der Waals surface area (Å²) in [6, 6.07) is 28.8. The number of carbonyl (C=O) groups excluding carboxylic acids is 2. The van der Waals surface area contributed by atoms with E-state index in [-0.39, 0.29) is 11.6 Å². The zero-order valence-corrected chi connectivity index (χ0v) is 23.0. The average molecular weight is 549 g/mol. The van der Waals surface area contributed by atoms with Crippen molar-refractivity contribution in [3.8, 4) is 22.4 Å². The number of hydrogen-bond acceptors (Lipinski definition) is 5. The standard InChI is InChI=1S/C33H29ClN4O2/c1-36-15-17-37(18-16-36)21-32(39)28-19-31(33(40)26-11-13-27(34)14-12-26)38-22-35-29(20-30(28)38)25-9-7-24(8-10-25)23-5-3-2-4-6-23/h2-14,19-20,22H,15-18,21H2,1H3. The van der Waals surface area contributed by atoms with E-state index in [1.807, 2.05) is 36.4 Å². The van der Waals surface area contributed by atoms with Crippen LogP contribution in [0.4, 0.5) is 0 Å². The molecule has 0 spiro atoms. The van der Waals surface area contributed by atoms with Gasteiger partial charge in [0.2, 0.25) is 5.78 Å². The van der Waals surface area contributed by atoms with Crippen LogP contribution in [0.2, 0.25) is 5.02 Å². The molecule has 0 saturated carbocycles. The number of piperazine rings is 1. The number of carbonyl (C=O) groups is 2. The van der Waals surface area contributed by atoms with E-state index in [1.165, 1.54) is 0 Å². The molecule has 6 nitrogen and oxygen atoms in total. The molecule has 1 saturated heterocycles. The Bertz CT molecular complexity index is 1670. The van der Waals surface area contributed by atoms with Gasteiger partial charge >= 0.3 is 0 Å². The van der Waals surface area contributed by atoms with Gasteiger partial charge in [0.1, 0.15) is 6.33 Å². The van der Waals surface area contributed by atoms with Crippen LogP contribution in [0.25, 0.3) is 27.9 Å². The van der Waals surface area contributed by atoms with Gasteiger partial charge < -0.3 is 4.90 Å². The minimum Gasteiger partial charge on any atom is -0.304 e. The first-order valence-corrected chi connectivity index (χ1v) is 13.8. The molecule has 1 aliphatic rings. The third kappa shape index (κ3) is 5.34. The molecule has 3 aromatic carbocycles. The van der Waals surface area contributed by atoms with Gasteiger partial charge in [-0.15, -0.1) is 0 Å². The highest BCUT2D eigenvalue weighted by Gasteiger charge is 2.24. The molecule has 3 heterocycles. The number of benzene rings is 3. The second kappa shape index (κ2) is 11.2. The van der Waals surface area contributed by atoms with Gasteiger partial charge in [0.15, 0.2) is 5.78 Å². The molecule has 1 fully saturated rings. The fourth-order valence-corrected chi connectivity index (χ4v) is 5.29. The smallest absolute Gasteiger partial charge is 0.209 e. The summed E-state index contributed by atoms with van der Waals surface area (Å²) in [5, 5.41) is 0.559. The number of nitrogens with zero attached hydrogens (tertiary/aromatic N) is 4. The normalized spacial score (nSPS) is 14.4. The summed E-state index contributed by atoms with van der Waals surface area (Å²) >= 11 is 6.05. The number of ketones is 2. The Balaban J connectivity index is 1.38. The molecule has 0 bridgehead atoms. The third-order valence-corrected chi connectivity index (χ3v) is 7.80. The number of aromatic nitrogens is 2. The highest BCUT2D eigenvalue weighted by molar-refractivity contribution is 6.30. The minimum atomic E-state index is -0.188. The summed E-state index contributed by atoms with van der Waals surface area (Å²) < 4.78 is 1.73. The summed E-state index contributed by atoms with van der Waals surface area (Å²) in [6.07, 6.45) is 1.64. The van der Waals surface area contributed by atoms with Crippen LogP contribution in [0.3, 0.4) is 0 Å². The summed E-state index contributed by atoms with van der Waals surface area (Å²) in [4.78, 5) is 36.3. The lowest BCUT2D eigenvalue weighted by Gasteiger charge is -2.31. The zero-order chi connectivity index (χ0) is 27.6. The highest BCUT2D eigenvalue weighted by Crippen LogP contribution is 2.28. The first-order valence-electron chi connectivity index (χ1n) is 13.4. The number of rotatable bonds is 7. The Morgan fingerprint density at radius 1 is 0.800 bits per heavy atom. The molecule has 7 heteroatoms. The number of Topliss-reactive ketones (excluding diaryl/α,β-unsaturated/α-hetero) is 1. The van der Waals surface area contributed by atoms with Crippen LogP contribution < -0.4 is 0 Å². The molecule has 0 radical (unpaired) electrons. The first-order chi connectivity index (χ1) is 19.5. The fraction of sp³-hybridized carbons (Fsp3) is 0.182. The van der Waals surface area contributed by atoms with Gasteiger partial charge in [-0.2, -0.15) is 0 Å². The van der Waals surface area contributed by atoms with Crippen molar-refractivity contribution in [3.63, 3.8) is 0 Å². The fourth-order valence-electron chi connectivity index (χ4n) is 5.16. The maximum absolute atomic E-state index is 13.7. The molecule has 0 amide bonds. The highest BCUT2D eigenvalue weighted by atomic mass is 35.5. The van der Waals surface area contributed by atoms with Crippen LogP contribution >= 0.6 is 11.6 Å². The lowest BCUT2D eigenvalue weighted by Crippen LogP contribution is -2.46. The predicted molar refractivity (Wildman–Crippen MR) is 159 cm³/mol. The van der Waals surface area contributed by atoms with Crippen molar-refractivity contribution < 1.29 is 9.59 Å². The number of likely N-dealkylation sites (N-methyl/N-ethyl adjacent to an activating group) is 1. The van der Waals surface area contributed by atoms with E-state index in [2.05, 4.69) is 46.1 Å². The zero-order valence-electron chi connectivity index (χ0n) is 22.3.